The first kappa shape index (κ1) is 16.7. The number of aryl methyl sites for hydroxylation is 1. The first-order valence-corrected chi connectivity index (χ1v) is 7.50. The molecule has 1 aromatic rings. The molecule has 0 bridgehead atoms. The van der Waals surface area contributed by atoms with Crippen LogP contribution in [0.1, 0.15) is 50.0 Å². The van der Waals surface area contributed by atoms with Crippen molar-refractivity contribution in [1.82, 2.24) is 4.90 Å². The molecule has 0 aliphatic rings. The van der Waals surface area contributed by atoms with Gasteiger partial charge in [0.2, 0.25) is 0 Å². The predicted octanol–water partition coefficient (Wildman–Crippen LogP) is 3.70. The molecule has 0 aliphatic carbocycles. The molecule has 0 radical (unpaired) electrons. The highest BCUT2D eigenvalue weighted by Crippen LogP contribution is 2.21. The summed E-state index contributed by atoms with van der Waals surface area (Å²) < 4.78 is 5.69. The van der Waals surface area contributed by atoms with Crippen LogP contribution in [0.3, 0.4) is 0 Å². The molecular formula is C17H27NO2. The van der Waals surface area contributed by atoms with Crippen molar-refractivity contribution in [3.63, 3.8) is 0 Å². The van der Waals surface area contributed by atoms with E-state index in [4.69, 9.17) is 4.74 Å². The number of carbonyl (C=O) groups is 1. The van der Waals surface area contributed by atoms with Crippen LogP contribution < -0.4 is 4.74 Å². The van der Waals surface area contributed by atoms with Gasteiger partial charge >= 0.3 is 0 Å². The second-order valence-corrected chi connectivity index (χ2v) is 5.35. The summed E-state index contributed by atoms with van der Waals surface area (Å²) in [7, 11) is 0. The van der Waals surface area contributed by atoms with Crippen molar-refractivity contribution >= 4 is 5.78 Å². The fourth-order valence-electron chi connectivity index (χ4n) is 2.15. The SMILES string of the molecule is CCN(CC)CCC(=O)c1ccc(OC(C)C)c(C)c1. The first-order valence-electron chi connectivity index (χ1n) is 7.50. The Balaban J connectivity index is 2.67. The summed E-state index contributed by atoms with van der Waals surface area (Å²) in [6.07, 6.45) is 0.726. The fraction of sp³-hybridized carbons (Fsp3) is 0.588. The molecule has 0 N–H and O–H groups in total. The summed E-state index contributed by atoms with van der Waals surface area (Å²) in [6, 6.07) is 5.71. The Morgan fingerprint density at radius 1 is 1.25 bits per heavy atom. The van der Waals surface area contributed by atoms with Crippen LogP contribution >= 0.6 is 0 Å². The summed E-state index contributed by atoms with van der Waals surface area (Å²) in [5.41, 5.74) is 1.80. The van der Waals surface area contributed by atoms with Gasteiger partial charge in [-0.3, -0.25) is 4.79 Å². The minimum absolute atomic E-state index is 0.151. The Labute approximate surface area is 122 Å². The normalized spacial score (nSPS) is 11.2. The number of carbonyl (C=O) groups excluding carboxylic acids is 1. The van der Waals surface area contributed by atoms with Gasteiger partial charge in [0, 0.05) is 18.5 Å². The predicted molar refractivity (Wildman–Crippen MR) is 83.7 cm³/mol. The second-order valence-electron chi connectivity index (χ2n) is 5.35. The van der Waals surface area contributed by atoms with Crippen LogP contribution in [0.15, 0.2) is 18.2 Å². The van der Waals surface area contributed by atoms with Crippen LogP contribution in [0.25, 0.3) is 0 Å². The van der Waals surface area contributed by atoms with Gasteiger partial charge in [-0.05, 0) is 57.6 Å². The van der Waals surface area contributed by atoms with E-state index in [1.165, 1.54) is 0 Å². The van der Waals surface area contributed by atoms with Gasteiger partial charge in [0.25, 0.3) is 0 Å². The zero-order valence-corrected chi connectivity index (χ0v) is 13.4. The lowest BCUT2D eigenvalue weighted by Crippen LogP contribution is -2.25. The third kappa shape index (κ3) is 4.97. The van der Waals surface area contributed by atoms with Crippen LogP contribution in [0, 0.1) is 6.92 Å². The highest BCUT2D eigenvalue weighted by molar-refractivity contribution is 5.96. The molecular weight excluding hydrogens is 250 g/mol. The van der Waals surface area contributed by atoms with E-state index < -0.39 is 0 Å². The zero-order valence-electron chi connectivity index (χ0n) is 13.4. The number of ketones is 1. The number of ether oxygens (including phenoxy) is 1. The minimum atomic E-state index is 0.151. The lowest BCUT2D eigenvalue weighted by molar-refractivity contribution is 0.0966. The van der Waals surface area contributed by atoms with Gasteiger partial charge < -0.3 is 9.64 Å². The summed E-state index contributed by atoms with van der Waals surface area (Å²) in [4.78, 5) is 14.5. The van der Waals surface area contributed by atoms with E-state index in [1.54, 1.807) is 0 Å². The van der Waals surface area contributed by atoms with Crippen LogP contribution in [0.5, 0.6) is 5.75 Å². The minimum Gasteiger partial charge on any atom is -0.491 e. The maximum Gasteiger partial charge on any atom is 0.164 e. The number of rotatable bonds is 8. The van der Waals surface area contributed by atoms with Crippen molar-refractivity contribution in [3.8, 4) is 5.75 Å². The lowest BCUT2D eigenvalue weighted by atomic mass is 10.0. The number of benzene rings is 1. The maximum absolute atomic E-state index is 12.2. The summed E-state index contributed by atoms with van der Waals surface area (Å²) in [5, 5.41) is 0. The molecule has 3 heteroatoms. The van der Waals surface area contributed by atoms with E-state index in [0.29, 0.717) is 6.42 Å². The van der Waals surface area contributed by atoms with Crippen LogP contribution in [-0.2, 0) is 0 Å². The molecule has 0 heterocycles. The molecule has 0 amide bonds. The molecule has 1 rings (SSSR count). The largest absolute Gasteiger partial charge is 0.491 e. The van der Waals surface area contributed by atoms with Crippen LogP contribution in [-0.4, -0.2) is 36.4 Å². The molecule has 0 aromatic heterocycles. The van der Waals surface area contributed by atoms with Gasteiger partial charge in [-0.2, -0.15) is 0 Å². The van der Waals surface area contributed by atoms with Crippen molar-refractivity contribution in [2.75, 3.05) is 19.6 Å². The second kappa shape index (κ2) is 8.05. The monoisotopic (exact) mass is 277 g/mol. The van der Waals surface area contributed by atoms with E-state index in [-0.39, 0.29) is 11.9 Å². The van der Waals surface area contributed by atoms with E-state index in [0.717, 1.165) is 36.5 Å². The highest BCUT2D eigenvalue weighted by Gasteiger charge is 2.10. The molecule has 0 fully saturated rings. The molecule has 0 atom stereocenters. The lowest BCUT2D eigenvalue weighted by Gasteiger charge is -2.17. The van der Waals surface area contributed by atoms with E-state index in [2.05, 4.69) is 18.7 Å². The van der Waals surface area contributed by atoms with E-state index >= 15 is 0 Å². The third-order valence-corrected chi connectivity index (χ3v) is 3.41. The van der Waals surface area contributed by atoms with E-state index in [9.17, 15) is 4.79 Å². The van der Waals surface area contributed by atoms with Crippen molar-refractivity contribution in [2.45, 2.75) is 47.1 Å². The third-order valence-electron chi connectivity index (χ3n) is 3.41. The number of Topliss-reactive ketones (excluding diaryl/α,β-unsaturated/α-hetero) is 1. The molecule has 20 heavy (non-hydrogen) atoms. The van der Waals surface area contributed by atoms with Crippen molar-refractivity contribution < 1.29 is 9.53 Å². The van der Waals surface area contributed by atoms with Crippen LogP contribution in [0.4, 0.5) is 0 Å². The van der Waals surface area contributed by atoms with Gasteiger partial charge in [0.1, 0.15) is 5.75 Å². The van der Waals surface area contributed by atoms with E-state index in [1.807, 2.05) is 39.0 Å². The fourth-order valence-corrected chi connectivity index (χ4v) is 2.15. The smallest absolute Gasteiger partial charge is 0.164 e. The Morgan fingerprint density at radius 3 is 2.40 bits per heavy atom. The average molecular weight is 277 g/mol. The Hall–Kier alpha value is -1.35. The maximum atomic E-state index is 12.2. The Kier molecular flexibility index (Phi) is 6.73. The summed E-state index contributed by atoms with van der Waals surface area (Å²) >= 11 is 0. The van der Waals surface area contributed by atoms with Crippen LogP contribution in [0.2, 0.25) is 0 Å². The molecule has 1 aromatic carbocycles. The molecule has 0 unspecified atom stereocenters. The van der Waals surface area contributed by atoms with Crippen molar-refractivity contribution in [1.29, 1.82) is 0 Å². The summed E-state index contributed by atoms with van der Waals surface area (Å²) in [6.45, 7) is 13.0. The Morgan fingerprint density at radius 2 is 1.90 bits per heavy atom. The van der Waals surface area contributed by atoms with Gasteiger partial charge in [-0.15, -0.1) is 0 Å². The molecule has 3 nitrogen and oxygen atoms in total. The van der Waals surface area contributed by atoms with Gasteiger partial charge in [-0.25, -0.2) is 0 Å². The van der Waals surface area contributed by atoms with Crippen molar-refractivity contribution in [2.24, 2.45) is 0 Å². The van der Waals surface area contributed by atoms with Crippen molar-refractivity contribution in [3.05, 3.63) is 29.3 Å². The topological polar surface area (TPSA) is 29.5 Å². The first-order chi connectivity index (χ1) is 9.47. The number of nitrogens with zero attached hydrogens (tertiary/aromatic N) is 1. The highest BCUT2D eigenvalue weighted by atomic mass is 16.5. The van der Waals surface area contributed by atoms with Gasteiger partial charge in [0.15, 0.2) is 5.78 Å². The molecule has 0 saturated heterocycles. The molecule has 0 saturated carbocycles. The molecule has 0 aliphatic heterocycles. The zero-order chi connectivity index (χ0) is 15.1. The van der Waals surface area contributed by atoms with Gasteiger partial charge in [-0.1, -0.05) is 13.8 Å². The average Bonchev–Trinajstić information content (AvgIpc) is 2.41. The molecule has 0 spiro atoms. The standard InChI is InChI=1S/C17H27NO2/c1-6-18(7-2)11-10-16(19)15-8-9-17(14(5)12-15)20-13(3)4/h8-9,12-13H,6-7,10-11H2,1-5H3. The summed E-state index contributed by atoms with van der Waals surface area (Å²) in [5.74, 6) is 1.07. The van der Waals surface area contributed by atoms with Gasteiger partial charge in [0.05, 0.1) is 6.10 Å². The Bertz CT molecular complexity index is 437. The number of hydrogen-bond acceptors (Lipinski definition) is 3. The quantitative estimate of drug-likeness (QED) is 0.679. The number of hydrogen-bond donors (Lipinski definition) is 0. The molecule has 112 valence electrons.